The van der Waals surface area contributed by atoms with Gasteiger partial charge in [-0.25, -0.2) is 0 Å². The van der Waals surface area contributed by atoms with Crippen molar-refractivity contribution in [2.45, 2.75) is 38.3 Å². The number of nitrogens with two attached hydrogens (primary N) is 1. The fourth-order valence-electron chi connectivity index (χ4n) is 1.38. The van der Waals surface area contributed by atoms with Crippen molar-refractivity contribution in [1.29, 1.82) is 0 Å². The minimum Gasteiger partial charge on any atom is -0.377 e. The first kappa shape index (κ1) is 8.02. The molecule has 10 heavy (non-hydrogen) atoms. The average Bonchev–Trinajstić information content (AvgIpc) is 2.67. The van der Waals surface area contributed by atoms with Crippen LogP contribution in [0.25, 0.3) is 0 Å². The van der Waals surface area contributed by atoms with Gasteiger partial charge in [-0.3, -0.25) is 0 Å². The van der Waals surface area contributed by atoms with Gasteiger partial charge in [-0.15, -0.1) is 0 Å². The molecule has 2 N–H and O–H groups in total. The Labute approximate surface area is 62.7 Å². The summed E-state index contributed by atoms with van der Waals surface area (Å²) in [6, 6.07) is 0.144. The number of ether oxygens (including phenoxy) is 1. The minimum atomic E-state index is -0.0694. The predicted molar refractivity (Wildman–Crippen MR) is 41.8 cm³/mol. The van der Waals surface area contributed by atoms with Crippen molar-refractivity contribution in [2.75, 3.05) is 7.11 Å². The Morgan fingerprint density at radius 3 is 2.20 bits per heavy atom. The van der Waals surface area contributed by atoms with Crippen molar-refractivity contribution in [3.8, 4) is 0 Å². The largest absolute Gasteiger partial charge is 0.377 e. The standard InChI is InChI=1S/C8H17NO/c1-6(9)8(2,10-3)7-4-5-7/h6-7H,4-5,9H2,1-3H3/t6-,8+/m1/s1. The molecule has 0 saturated heterocycles. The maximum atomic E-state index is 5.80. The maximum absolute atomic E-state index is 5.80. The normalized spacial score (nSPS) is 27.6. The van der Waals surface area contributed by atoms with Crippen LogP contribution in [0.3, 0.4) is 0 Å². The lowest BCUT2D eigenvalue weighted by molar-refractivity contribution is -0.0296. The summed E-state index contributed by atoms with van der Waals surface area (Å²) < 4.78 is 5.40. The van der Waals surface area contributed by atoms with Crippen LogP contribution in [-0.4, -0.2) is 18.8 Å². The monoisotopic (exact) mass is 143 g/mol. The second-order valence-electron chi connectivity index (χ2n) is 3.45. The van der Waals surface area contributed by atoms with Crippen LogP contribution in [0.15, 0.2) is 0 Å². The first-order valence-electron chi connectivity index (χ1n) is 3.92. The van der Waals surface area contributed by atoms with Crippen molar-refractivity contribution in [2.24, 2.45) is 11.7 Å². The lowest BCUT2D eigenvalue weighted by Gasteiger charge is -2.32. The highest BCUT2D eigenvalue weighted by atomic mass is 16.5. The zero-order valence-corrected chi connectivity index (χ0v) is 7.05. The molecule has 0 spiro atoms. The highest BCUT2D eigenvalue weighted by molar-refractivity contribution is 4.97. The van der Waals surface area contributed by atoms with E-state index in [0.29, 0.717) is 5.92 Å². The minimum absolute atomic E-state index is 0.0694. The molecule has 1 aliphatic rings. The predicted octanol–water partition coefficient (Wildman–Crippen LogP) is 1.15. The fraction of sp³-hybridized carbons (Fsp3) is 1.00. The van der Waals surface area contributed by atoms with Gasteiger partial charge in [0.2, 0.25) is 0 Å². The van der Waals surface area contributed by atoms with Crippen LogP contribution < -0.4 is 5.73 Å². The second-order valence-corrected chi connectivity index (χ2v) is 3.45. The van der Waals surface area contributed by atoms with Crippen molar-refractivity contribution in [3.63, 3.8) is 0 Å². The molecular formula is C8H17NO. The van der Waals surface area contributed by atoms with E-state index in [4.69, 9.17) is 10.5 Å². The Morgan fingerprint density at radius 1 is 1.60 bits per heavy atom. The topological polar surface area (TPSA) is 35.2 Å². The number of hydrogen-bond donors (Lipinski definition) is 1. The first-order chi connectivity index (χ1) is 4.61. The van der Waals surface area contributed by atoms with Gasteiger partial charge in [-0.1, -0.05) is 0 Å². The number of rotatable bonds is 3. The number of hydrogen-bond acceptors (Lipinski definition) is 2. The molecule has 0 aromatic rings. The highest BCUT2D eigenvalue weighted by Gasteiger charge is 2.44. The quantitative estimate of drug-likeness (QED) is 0.643. The molecule has 2 atom stereocenters. The molecule has 2 nitrogen and oxygen atoms in total. The van der Waals surface area contributed by atoms with E-state index in [2.05, 4.69) is 6.92 Å². The van der Waals surface area contributed by atoms with Gasteiger partial charge in [0.05, 0.1) is 5.60 Å². The smallest absolute Gasteiger partial charge is 0.0826 e. The van der Waals surface area contributed by atoms with Gasteiger partial charge in [0, 0.05) is 13.2 Å². The lowest BCUT2D eigenvalue weighted by Crippen LogP contribution is -2.46. The third-order valence-corrected chi connectivity index (χ3v) is 2.73. The molecule has 0 aromatic heterocycles. The van der Waals surface area contributed by atoms with E-state index in [1.54, 1.807) is 7.11 Å². The summed E-state index contributed by atoms with van der Waals surface area (Å²) in [7, 11) is 1.75. The van der Waals surface area contributed by atoms with Gasteiger partial charge >= 0.3 is 0 Å². The zero-order chi connectivity index (χ0) is 7.78. The third-order valence-electron chi connectivity index (χ3n) is 2.73. The van der Waals surface area contributed by atoms with Crippen molar-refractivity contribution >= 4 is 0 Å². The summed E-state index contributed by atoms with van der Waals surface area (Å²) in [6.07, 6.45) is 2.57. The van der Waals surface area contributed by atoms with Crippen molar-refractivity contribution in [1.82, 2.24) is 0 Å². The van der Waals surface area contributed by atoms with Gasteiger partial charge in [0.1, 0.15) is 0 Å². The molecule has 0 unspecified atom stereocenters. The van der Waals surface area contributed by atoms with E-state index in [-0.39, 0.29) is 11.6 Å². The Bertz CT molecular complexity index is 116. The van der Waals surface area contributed by atoms with Crippen LogP contribution >= 0.6 is 0 Å². The summed E-state index contributed by atoms with van der Waals surface area (Å²) in [5, 5.41) is 0. The molecule has 0 amide bonds. The van der Waals surface area contributed by atoms with E-state index in [0.717, 1.165) is 0 Å². The molecule has 0 aromatic carbocycles. The Balaban J connectivity index is 2.56. The molecule has 2 heteroatoms. The first-order valence-corrected chi connectivity index (χ1v) is 3.92. The second kappa shape index (κ2) is 2.51. The molecular weight excluding hydrogens is 126 g/mol. The maximum Gasteiger partial charge on any atom is 0.0826 e. The summed E-state index contributed by atoms with van der Waals surface area (Å²) in [6.45, 7) is 4.12. The van der Waals surface area contributed by atoms with Crippen LogP contribution in [0.4, 0.5) is 0 Å². The van der Waals surface area contributed by atoms with E-state index >= 15 is 0 Å². The molecule has 0 heterocycles. The molecule has 60 valence electrons. The molecule has 1 fully saturated rings. The summed E-state index contributed by atoms with van der Waals surface area (Å²) >= 11 is 0. The van der Waals surface area contributed by atoms with E-state index in [9.17, 15) is 0 Å². The van der Waals surface area contributed by atoms with Gasteiger partial charge in [-0.2, -0.15) is 0 Å². The van der Waals surface area contributed by atoms with Crippen molar-refractivity contribution < 1.29 is 4.74 Å². The molecule has 1 saturated carbocycles. The molecule has 1 rings (SSSR count). The number of methoxy groups -OCH3 is 1. The van der Waals surface area contributed by atoms with Gasteiger partial charge in [0.15, 0.2) is 0 Å². The van der Waals surface area contributed by atoms with Crippen LogP contribution in [0.2, 0.25) is 0 Å². The van der Waals surface area contributed by atoms with E-state index < -0.39 is 0 Å². The summed E-state index contributed by atoms with van der Waals surface area (Å²) in [4.78, 5) is 0. The van der Waals surface area contributed by atoms with Crippen LogP contribution in [0.5, 0.6) is 0 Å². The van der Waals surface area contributed by atoms with Crippen LogP contribution in [-0.2, 0) is 4.74 Å². The fourth-order valence-corrected chi connectivity index (χ4v) is 1.38. The SMILES string of the molecule is CO[C@](C)(C1CC1)[C@@H](C)N. The van der Waals surface area contributed by atoms with Crippen LogP contribution in [0, 0.1) is 5.92 Å². The van der Waals surface area contributed by atoms with Crippen LogP contribution in [0.1, 0.15) is 26.7 Å². The zero-order valence-electron chi connectivity index (χ0n) is 7.05. The van der Waals surface area contributed by atoms with Gasteiger partial charge in [-0.05, 0) is 32.6 Å². The molecule has 0 radical (unpaired) electrons. The molecule has 0 bridgehead atoms. The average molecular weight is 143 g/mol. The Hall–Kier alpha value is -0.0800. The Morgan fingerprint density at radius 2 is 2.10 bits per heavy atom. The summed E-state index contributed by atoms with van der Waals surface area (Å²) in [5.41, 5.74) is 5.73. The van der Waals surface area contributed by atoms with E-state index in [1.165, 1.54) is 12.8 Å². The van der Waals surface area contributed by atoms with E-state index in [1.807, 2.05) is 6.92 Å². The van der Waals surface area contributed by atoms with Crippen molar-refractivity contribution in [3.05, 3.63) is 0 Å². The lowest BCUT2D eigenvalue weighted by atomic mass is 9.93. The summed E-state index contributed by atoms with van der Waals surface area (Å²) in [5.74, 6) is 0.706. The van der Waals surface area contributed by atoms with Gasteiger partial charge in [0.25, 0.3) is 0 Å². The molecule has 0 aliphatic heterocycles. The highest BCUT2D eigenvalue weighted by Crippen LogP contribution is 2.42. The molecule has 1 aliphatic carbocycles. The Kier molecular flexibility index (Phi) is 2.02. The van der Waals surface area contributed by atoms with Gasteiger partial charge < -0.3 is 10.5 Å². The third kappa shape index (κ3) is 1.18.